The van der Waals surface area contributed by atoms with Crippen LogP contribution in [0.4, 0.5) is 0 Å². The number of ether oxygens (including phenoxy) is 2. The summed E-state index contributed by atoms with van der Waals surface area (Å²) in [6.45, 7) is 0.503. The van der Waals surface area contributed by atoms with Gasteiger partial charge in [0.25, 0.3) is 0 Å². The molecular formula is C30H34N2O6S. The fourth-order valence-corrected chi connectivity index (χ4v) is 6.96. The number of β-amino-alcohol motifs (C(OH)–C–C–N with tert-alkyl or cyclic N) is 1. The highest BCUT2D eigenvalue weighted by Gasteiger charge is 2.43. The zero-order valence-electron chi connectivity index (χ0n) is 21.7. The molecule has 8 nitrogen and oxygen atoms in total. The molecule has 3 aromatic rings. The summed E-state index contributed by atoms with van der Waals surface area (Å²) in [6, 6.07) is 25.9. The van der Waals surface area contributed by atoms with Crippen molar-refractivity contribution in [3.8, 4) is 11.1 Å². The Balaban J connectivity index is 1.18. The molecule has 2 saturated heterocycles. The molecule has 5 rings (SSSR count). The van der Waals surface area contributed by atoms with Crippen LogP contribution in [0.5, 0.6) is 0 Å². The molecule has 0 radical (unpaired) electrons. The predicted molar refractivity (Wildman–Crippen MR) is 147 cm³/mol. The van der Waals surface area contributed by atoms with Crippen LogP contribution in [0, 0.1) is 0 Å². The Bertz CT molecular complexity index is 1330. The molecule has 206 valence electrons. The van der Waals surface area contributed by atoms with Gasteiger partial charge in [-0.25, -0.2) is 8.42 Å². The van der Waals surface area contributed by atoms with Crippen LogP contribution in [0.3, 0.4) is 0 Å². The molecule has 4 atom stereocenters. The van der Waals surface area contributed by atoms with Gasteiger partial charge in [0, 0.05) is 13.1 Å². The van der Waals surface area contributed by atoms with Crippen LogP contribution >= 0.6 is 0 Å². The number of fused-ring (bicyclic) bond motifs is 1. The van der Waals surface area contributed by atoms with E-state index in [0.717, 1.165) is 16.7 Å². The lowest BCUT2D eigenvalue weighted by Crippen LogP contribution is -2.57. The van der Waals surface area contributed by atoms with Crippen LogP contribution in [0.25, 0.3) is 11.1 Å². The molecule has 0 unspecified atom stereocenters. The molecule has 1 amide bonds. The molecule has 2 heterocycles. The van der Waals surface area contributed by atoms with Crippen LogP contribution in [-0.4, -0.2) is 67.8 Å². The molecule has 2 N–H and O–H groups in total. The van der Waals surface area contributed by atoms with E-state index in [-0.39, 0.29) is 43.1 Å². The molecule has 0 aromatic heterocycles. The number of aliphatic hydroxyl groups excluding tert-OH is 1. The predicted octanol–water partition coefficient (Wildman–Crippen LogP) is 3.36. The van der Waals surface area contributed by atoms with Crippen LogP contribution in [0.15, 0.2) is 89.8 Å². The van der Waals surface area contributed by atoms with Gasteiger partial charge in [0.1, 0.15) is 0 Å². The fourth-order valence-electron chi connectivity index (χ4n) is 5.22. The minimum absolute atomic E-state index is 0.0155. The molecule has 0 spiro atoms. The largest absolute Gasteiger partial charge is 0.389 e. The van der Waals surface area contributed by atoms with Crippen molar-refractivity contribution in [2.45, 2.75) is 55.1 Å². The van der Waals surface area contributed by atoms with Crippen molar-refractivity contribution < 1.29 is 27.8 Å². The van der Waals surface area contributed by atoms with Crippen molar-refractivity contribution >= 4 is 15.9 Å². The lowest BCUT2D eigenvalue weighted by molar-refractivity contribution is -0.146. The van der Waals surface area contributed by atoms with E-state index in [1.54, 1.807) is 30.3 Å². The van der Waals surface area contributed by atoms with Crippen molar-refractivity contribution in [3.63, 3.8) is 0 Å². The van der Waals surface area contributed by atoms with Crippen molar-refractivity contribution in [2.75, 3.05) is 19.8 Å². The lowest BCUT2D eigenvalue weighted by Gasteiger charge is -2.43. The Morgan fingerprint density at radius 3 is 2.28 bits per heavy atom. The molecule has 0 saturated carbocycles. The van der Waals surface area contributed by atoms with Gasteiger partial charge in [-0.15, -0.1) is 0 Å². The average molecular weight is 551 g/mol. The highest BCUT2D eigenvalue weighted by Crippen LogP contribution is 2.31. The first kappa shape index (κ1) is 27.5. The van der Waals surface area contributed by atoms with Crippen LogP contribution < -0.4 is 5.32 Å². The van der Waals surface area contributed by atoms with E-state index in [1.807, 2.05) is 42.5 Å². The molecule has 9 heteroatoms. The second-order valence-corrected chi connectivity index (χ2v) is 12.0. The fraction of sp³-hybridized carbons (Fsp3) is 0.367. The molecule has 39 heavy (non-hydrogen) atoms. The Morgan fingerprint density at radius 2 is 1.56 bits per heavy atom. The summed E-state index contributed by atoms with van der Waals surface area (Å²) >= 11 is 0. The second-order valence-electron chi connectivity index (χ2n) is 10.1. The summed E-state index contributed by atoms with van der Waals surface area (Å²) in [5, 5.41) is 13.3. The van der Waals surface area contributed by atoms with Gasteiger partial charge in [-0.3, -0.25) is 4.79 Å². The van der Waals surface area contributed by atoms with E-state index < -0.39 is 28.3 Å². The number of hydrogen-bond acceptors (Lipinski definition) is 6. The summed E-state index contributed by atoms with van der Waals surface area (Å²) in [7, 11) is -3.85. The molecule has 2 fully saturated rings. The minimum Gasteiger partial charge on any atom is -0.389 e. The smallest absolute Gasteiger partial charge is 0.243 e. The number of nitrogens with zero attached hydrogens (tertiary/aromatic N) is 1. The van der Waals surface area contributed by atoms with Gasteiger partial charge in [0.05, 0.1) is 48.9 Å². The van der Waals surface area contributed by atoms with Gasteiger partial charge >= 0.3 is 0 Å². The standard InChI is InChI=1S/C30H34N2O6S/c33-25-19-32(39(35,36)27-9-5-2-6-10-27)28-16-15-26(38-29(28)21-37-20-25)17-30(34)31-18-22-11-13-24(14-12-22)23-7-3-1-4-8-23/h1-14,25-26,28-29,33H,15-21H2,(H,31,34)/t25-,26+,28+,29-/m1/s1. The number of aliphatic hydroxyl groups is 1. The third kappa shape index (κ3) is 6.74. The lowest BCUT2D eigenvalue weighted by atomic mass is 9.96. The third-order valence-corrected chi connectivity index (χ3v) is 9.15. The van der Waals surface area contributed by atoms with Gasteiger partial charge in [0.15, 0.2) is 0 Å². The summed E-state index contributed by atoms with van der Waals surface area (Å²) < 4.78 is 40.2. The maximum absolute atomic E-state index is 13.5. The second kappa shape index (κ2) is 12.4. The third-order valence-electron chi connectivity index (χ3n) is 7.25. The zero-order valence-corrected chi connectivity index (χ0v) is 22.5. The van der Waals surface area contributed by atoms with Crippen LogP contribution in [0.2, 0.25) is 0 Å². The number of rotatable bonds is 7. The van der Waals surface area contributed by atoms with Crippen LogP contribution in [0.1, 0.15) is 24.8 Å². The Labute approximate surface area is 229 Å². The Morgan fingerprint density at radius 1 is 0.897 bits per heavy atom. The van der Waals surface area contributed by atoms with Crippen LogP contribution in [-0.2, 0) is 30.8 Å². The first-order valence-electron chi connectivity index (χ1n) is 13.3. The van der Waals surface area contributed by atoms with E-state index in [2.05, 4.69) is 17.4 Å². The number of amides is 1. The first-order chi connectivity index (χ1) is 18.9. The van der Waals surface area contributed by atoms with E-state index in [4.69, 9.17) is 9.47 Å². The van der Waals surface area contributed by atoms with E-state index >= 15 is 0 Å². The maximum atomic E-state index is 13.5. The van der Waals surface area contributed by atoms with Gasteiger partial charge in [-0.1, -0.05) is 72.8 Å². The van der Waals surface area contributed by atoms with Gasteiger partial charge < -0.3 is 19.9 Å². The number of sulfonamides is 1. The Hall–Kier alpha value is -3.08. The van der Waals surface area contributed by atoms with Gasteiger partial charge in [-0.2, -0.15) is 4.31 Å². The summed E-state index contributed by atoms with van der Waals surface area (Å²) in [4.78, 5) is 12.9. The number of carbonyl (C=O) groups is 1. The summed E-state index contributed by atoms with van der Waals surface area (Å²) in [5.41, 5.74) is 3.26. The highest BCUT2D eigenvalue weighted by atomic mass is 32.2. The normalized spacial score (nSPS) is 24.2. The molecule has 2 aliphatic rings. The van der Waals surface area contributed by atoms with Gasteiger partial charge in [-0.05, 0) is 41.7 Å². The number of nitrogens with one attached hydrogen (secondary N) is 1. The van der Waals surface area contributed by atoms with E-state index in [1.165, 1.54) is 4.31 Å². The minimum atomic E-state index is -3.85. The topological polar surface area (TPSA) is 105 Å². The molecule has 2 aliphatic heterocycles. The number of hydrogen-bond donors (Lipinski definition) is 2. The van der Waals surface area contributed by atoms with Gasteiger partial charge in [0.2, 0.25) is 15.9 Å². The molecule has 3 aromatic carbocycles. The number of carbonyl (C=O) groups excluding carboxylic acids is 1. The van der Waals surface area contributed by atoms with Crippen molar-refractivity contribution in [1.29, 1.82) is 0 Å². The SMILES string of the molecule is O=C(C[C@@H]1CC[C@H]2[C@@H](COC[C@H](O)CN2S(=O)(=O)c2ccccc2)O1)NCc1ccc(-c2ccccc2)cc1. The molecule has 0 aliphatic carbocycles. The van der Waals surface area contributed by atoms with Crippen molar-refractivity contribution in [1.82, 2.24) is 9.62 Å². The van der Waals surface area contributed by atoms with E-state index in [0.29, 0.717) is 19.4 Å². The number of benzene rings is 3. The van der Waals surface area contributed by atoms with E-state index in [9.17, 15) is 18.3 Å². The quantitative estimate of drug-likeness (QED) is 0.468. The van der Waals surface area contributed by atoms with Crippen molar-refractivity contribution in [2.24, 2.45) is 0 Å². The molecule has 0 bridgehead atoms. The zero-order chi connectivity index (χ0) is 27.2. The Kier molecular flexibility index (Phi) is 8.74. The summed E-state index contributed by atoms with van der Waals surface area (Å²) in [5.74, 6) is -0.124. The maximum Gasteiger partial charge on any atom is 0.243 e. The summed E-state index contributed by atoms with van der Waals surface area (Å²) in [6.07, 6.45) is -0.605. The van der Waals surface area contributed by atoms with Crippen molar-refractivity contribution in [3.05, 3.63) is 90.5 Å². The monoisotopic (exact) mass is 550 g/mol. The highest BCUT2D eigenvalue weighted by molar-refractivity contribution is 7.89. The molecular weight excluding hydrogens is 516 g/mol. The first-order valence-corrected chi connectivity index (χ1v) is 14.7. The average Bonchev–Trinajstić information content (AvgIpc) is 2.95.